The second-order valence-corrected chi connectivity index (χ2v) is 6.40. The molecule has 1 heterocycles. The molecule has 1 atom stereocenters. The van der Waals surface area contributed by atoms with Crippen molar-refractivity contribution in [2.24, 2.45) is 7.05 Å². The Balaban J connectivity index is 2.43. The van der Waals surface area contributed by atoms with Gasteiger partial charge < -0.3 is 5.32 Å². The van der Waals surface area contributed by atoms with E-state index in [0.29, 0.717) is 12.4 Å². The molecule has 0 aliphatic rings. The Bertz CT molecular complexity index is 457. The molecule has 0 spiro atoms. The minimum atomic E-state index is -3.33. The molecule has 0 bridgehead atoms. The topological polar surface area (TPSA) is 88.9 Å². The fraction of sp³-hybridized carbons (Fsp3) is 0.800. The highest BCUT2D eigenvalue weighted by atomic mass is 32.2. The Morgan fingerprint density at radius 3 is 2.78 bits per heavy atom. The Hall–Kier alpha value is -0.990. The summed E-state index contributed by atoms with van der Waals surface area (Å²) in [7, 11) is -1.59. The van der Waals surface area contributed by atoms with Crippen molar-refractivity contribution in [1.82, 2.24) is 24.8 Å². The summed E-state index contributed by atoms with van der Waals surface area (Å²) in [6.45, 7) is 5.11. The second kappa shape index (κ2) is 6.81. The average Bonchev–Trinajstić information content (AvgIpc) is 2.73. The molecule has 18 heavy (non-hydrogen) atoms. The fourth-order valence-corrected chi connectivity index (χ4v) is 2.32. The monoisotopic (exact) mass is 275 g/mol. The van der Waals surface area contributed by atoms with Gasteiger partial charge in [-0.05, 0) is 19.9 Å². The Morgan fingerprint density at radius 2 is 2.22 bits per heavy atom. The normalized spacial score (nSPS) is 13.7. The smallest absolute Gasteiger partial charge is 0.215 e. The zero-order valence-corrected chi connectivity index (χ0v) is 11.9. The summed E-state index contributed by atoms with van der Waals surface area (Å²) in [6, 6.07) is 0. The van der Waals surface area contributed by atoms with Gasteiger partial charge in [0.25, 0.3) is 0 Å². The predicted octanol–water partition coefficient (Wildman–Crippen LogP) is -0.377. The van der Waals surface area contributed by atoms with E-state index in [2.05, 4.69) is 20.1 Å². The van der Waals surface area contributed by atoms with Crippen LogP contribution in [0.3, 0.4) is 0 Å². The molecule has 2 N–H and O–H groups in total. The van der Waals surface area contributed by atoms with Gasteiger partial charge in [-0.15, -0.1) is 0 Å². The number of nitrogens with zero attached hydrogens (tertiary/aromatic N) is 3. The molecule has 0 fully saturated rings. The maximum absolute atomic E-state index is 11.9. The summed E-state index contributed by atoms with van der Waals surface area (Å²) in [4.78, 5) is 3.96. The van der Waals surface area contributed by atoms with E-state index >= 15 is 0 Å². The van der Waals surface area contributed by atoms with Crippen LogP contribution in [0.2, 0.25) is 0 Å². The minimum absolute atomic E-state index is 0.126. The average molecular weight is 275 g/mol. The molecule has 0 aromatic carbocycles. The molecule has 0 saturated heterocycles. The van der Waals surface area contributed by atoms with Gasteiger partial charge in [-0.3, -0.25) is 4.68 Å². The molecule has 1 aromatic heterocycles. The lowest BCUT2D eigenvalue weighted by molar-refractivity contribution is 0.554. The first-order valence-corrected chi connectivity index (χ1v) is 7.54. The maximum atomic E-state index is 11.9. The van der Waals surface area contributed by atoms with Crippen molar-refractivity contribution < 1.29 is 8.42 Å². The van der Waals surface area contributed by atoms with Crippen LogP contribution >= 0.6 is 0 Å². The number of hydrogen-bond donors (Lipinski definition) is 2. The van der Waals surface area contributed by atoms with Crippen LogP contribution in [0.1, 0.15) is 26.1 Å². The van der Waals surface area contributed by atoms with E-state index in [-0.39, 0.29) is 6.54 Å². The Kier molecular flexibility index (Phi) is 5.70. The number of aromatic nitrogens is 3. The number of rotatable bonds is 8. The van der Waals surface area contributed by atoms with Crippen LogP contribution in [-0.4, -0.2) is 41.5 Å². The molecule has 1 unspecified atom stereocenters. The molecule has 104 valence electrons. The maximum Gasteiger partial charge on any atom is 0.215 e. The van der Waals surface area contributed by atoms with Crippen LogP contribution in [0.15, 0.2) is 6.33 Å². The zero-order chi connectivity index (χ0) is 13.6. The largest absolute Gasteiger partial charge is 0.315 e. The zero-order valence-electron chi connectivity index (χ0n) is 11.0. The summed E-state index contributed by atoms with van der Waals surface area (Å²) in [6.07, 6.45) is 2.52. The molecule has 0 amide bonds. The van der Waals surface area contributed by atoms with Crippen LogP contribution in [0.5, 0.6) is 0 Å². The SMILES string of the molecule is CCCNCC(C)S(=O)(=O)NCc1ncn(C)n1. The number of sulfonamides is 1. The van der Waals surface area contributed by atoms with E-state index in [0.717, 1.165) is 13.0 Å². The van der Waals surface area contributed by atoms with E-state index in [9.17, 15) is 8.42 Å². The van der Waals surface area contributed by atoms with Gasteiger partial charge >= 0.3 is 0 Å². The van der Waals surface area contributed by atoms with Crippen molar-refractivity contribution in [3.05, 3.63) is 12.2 Å². The summed E-state index contributed by atoms with van der Waals surface area (Å²) in [5.41, 5.74) is 0. The first-order valence-electron chi connectivity index (χ1n) is 5.99. The molecule has 0 radical (unpaired) electrons. The molecule has 0 aliphatic carbocycles. The first kappa shape index (κ1) is 15.1. The van der Waals surface area contributed by atoms with E-state index < -0.39 is 15.3 Å². The van der Waals surface area contributed by atoms with Gasteiger partial charge in [0.2, 0.25) is 10.0 Å². The van der Waals surface area contributed by atoms with Crippen LogP contribution in [0.25, 0.3) is 0 Å². The van der Waals surface area contributed by atoms with Gasteiger partial charge in [-0.1, -0.05) is 6.92 Å². The van der Waals surface area contributed by atoms with E-state index in [4.69, 9.17) is 0 Å². The van der Waals surface area contributed by atoms with Crippen molar-refractivity contribution in [2.75, 3.05) is 13.1 Å². The molecule has 8 heteroatoms. The van der Waals surface area contributed by atoms with Gasteiger partial charge in [0, 0.05) is 13.6 Å². The number of nitrogens with one attached hydrogen (secondary N) is 2. The van der Waals surface area contributed by atoms with Crippen molar-refractivity contribution >= 4 is 10.0 Å². The molecular weight excluding hydrogens is 254 g/mol. The van der Waals surface area contributed by atoms with Crippen molar-refractivity contribution in [3.8, 4) is 0 Å². The molecule has 0 saturated carbocycles. The molecule has 7 nitrogen and oxygen atoms in total. The highest BCUT2D eigenvalue weighted by Gasteiger charge is 2.20. The van der Waals surface area contributed by atoms with Crippen molar-refractivity contribution in [1.29, 1.82) is 0 Å². The lowest BCUT2D eigenvalue weighted by Crippen LogP contribution is -2.39. The standard InChI is InChI=1S/C10H21N5O2S/c1-4-5-11-6-9(2)18(16,17)13-7-10-12-8-15(3)14-10/h8-9,11,13H,4-7H2,1-3H3. The third-order valence-corrected chi connectivity index (χ3v) is 4.24. The van der Waals surface area contributed by atoms with Crippen LogP contribution < -0.4 is 10.0 Å². The minimum Gasteiger partial charge on any atom is -0.315 e. The van der Waals surface area contributed by atoms with Gasteiger partial charge in [0.05, 0.1) is 11.8 Å². The third-order valence-electron chi connectivity index (χ3n) is 2.47. The summed E-state index contributed by atoms with van der Waals surface area (Å²) in [5, 5.41) is 6.62. The van der Waals surface area contributed by atoms with Gasteiger partial charge in [-0.2, -0.15) is 5.10 Å². The quantitative estimate of drug-likeness (QED) is 0.632. The highest BCUT2D eigenvalue weighted by molar-refractivity contribution is 7.90. The van der Waals surface area contributed by atoms with Crippen molar-refractivity contribution in [3.63, 3.8) is 0 Å². The third kappa shape index (κ3) is 4.71. The Morgan fingerprint density at radius 1 is 1.50 bits per heavy atom. The first-order chi connectivity index (χ1) is 8.45. The van der Waals surface area contributed by atoms with Crippen LogP contribution in [0.4, 0.5) is 0 Å². The van der Waals surface area contributed by atoms with Gasteiger partial charge in [-0.25, -0.2) is 18.1 Å². The van der Waals surface area contributed by atoms with E-state index in [1.807, 2.05) is 6.92 Å². The van der Waals surface area contributed by atoms with E-state index in [1.165, 1.54) is 11.0 Å². The number of aryl methyl sites for hydroxylation is 1. The van der Waals surface area contributed by atoms with Crippen molar-refractivity contribution in [2.45, 2.75) is 32.1 Å². The van der Waals surface area contributed by atoms with E-state index in [1.54, 1.807) is 14.0 Å². The van der Waals surface area contributed by atoms with Gasteiger partial charge in [0.1, 0.15) is 6.33 Å². The Labute approximate surface area is 108 Å². The van der Waals surface area contributed by atoms with Crippen LogP contribution in [0, 0.1) is 0 Å². The lowest BCUT2D eigenvalue weighted by atomic mass is 10.4. The van der Waals surface area contributed by atoms with Gasteiger partial charge in [0.15, 0.2) is 5.82 Å². The van der Waals surface area contributed by atoms with Crippen LogP contribution in [-0.2, 0) is 23.6 Å². The molecule has 0 aliphatic heterocycles. The summed E-state index contributed by atoms with van der Waals surface area (Å²) >= 11 is 0. The summed E-state index contributed by atoms with van der Waals surface area (Å²) < 4.78 is 27.8. The molecule has 1 rings (SSSR count). The lowest BCUT2D eigenvalue weighted by Gasteiger charge is -2.13. The molecular formula is C10H21N5O2S. The summed E-state index contributed by atoms with van der Waals surface area (Å²) in [5.74, 6) is 0.467. The number of hydrogen-bond acceptors (Lipinski definition) is 5. The second-order valence-electron chi connectivity index (χ2n) is 4.22. The predicted molar refractivity (Wildman–Crippen MR) is 69.4 cm³/mol. The highest BCUT2D eigenvalue weighted by Crippen LogP contribution is 1.98. The fourth-order valence-electron chi connectivity index (χ4n) is 1.36. The molecule has 1 aromatic rings.